The minimum atomic E-state index is -0.282. The van der Waals surface area contributed by atoms with Crippen molar-refractivity contribution in [3.05, 3.63) is 34.6 Å². The van der Waals surface area contributed by atoms with Crippen molar-refractivity contribution in [2.75, 3.05) is 5.33 Å². The zero-order chi connectivity index (χ0) is 10.8. The van der Waals surface area contributed by atoms with Crippen LogP contribution in [0.2, 0.25) is 5.02 Å². The SMILES string of the molecule is CC(C)(CBr)Cc1ccc(F)cc1Cl. The summed E-state index contributed by atoms with van der Waals surface area (Å²) in [5.74, 6) is -0.282. The third kappa shape index (κ3) is 3.25. The number of benzene rings is 1. The number of rotatable bonds is 3. The van der Waals surface area contributed by atoms with E-state index in [9.17, 15) is 4.39 Å². The van der Waals surface area contributed by atoms with Crippen LogP contribution in [0.1, 0.15) is 19.4 Å². The molecule has 0 aliphatic carbocycles. The van der Waals surface area contributed by atoms with Crippen LogP contribution in [0.5, 0.6) is 0 Å². The van der Waals surface area contributed by atoms with E-state index in [-0.39, 0.29) is 11.2 Å². The molecule has 0 N–H and O–H groups in total. The molecule has 0 nitrogen and oxygen atoms in total. The maximum Gasteiger partial charge on any atom is 0.124 e. The van der Waals surface area contributed by atoms with E-state index >= 15 is 0 Å². The highest BCUT2D eigenvalue weighted by Gasteiger charge is 2.18. The molecule has 3 heteroatoms. The molecule has 0 atom stereocenters. The van der Waals surface area contributed by atoms with Gasteiger partial charge in [-0.15, -0.1) is 0 Å². The number of alkyl halides is 1. The quantitative estimate of drug-likeness (QED) is 0.718. The van der Waals surface area contributed by atoms with Gasteiger partial charge in [0.15, 0.2) is 0 Å². The Bertz CT molecular complexity index is 323. The Morgan fingerprint density at radius 2 is 2.07 bits per heavy atom. The first-order valence-corrected chi connectivity index (χ1v) is 5.94. The van der Waals surface area contributed by atoms with E-state index in [4.69, 9.17) is 11.6 Å². The van der Waals surface area contributed by atoms with Crippen LogP contribution in [-0.2, 0) is 6.42 Å². The molecule has 0 saturated carbocycles. The molecule has 0 amide bonds. The molecule has 1 rings (SSSR count). The van der Waals surface area contributed by atoms with Gasteiger partial charge in [0.2, 0.25) is 0 Å². The van der Waals surface area contributed by atoms with Gasteiger partial charge in [-0.05, 0) is 29.5 Å². The van der Waals surface area contributed by atoms with Crippen LogP contribution >= 0.6 is 27.5 Å². The van der Waals surface area contributed by atoms with Crippen molar-refractivity contribution >= 4 is 27.5 Å². The van der Waals surface area contributed by atoms with Crippen molar-refractivity contribution in [2.45, 2.75) is 20.3 Å². The van der Waals surface area contributed by atoms with Crippen LogP contribution in [0, 0.1) is 11.2 Å². The van der Waals surface area contributed by atoms with Crippen molar-refractivity contribution in [3.8, 4) is 0 Å². The van der Waals surface area contributed by atoms with Crippen molar-refractivity contribution in [2.24, 2.45) is 5.41 Å². The van der Waals surface area contributed by atoms with Gasteiger partial charge in [-0.3, -0.25) is 0 Å². The highest BCUT2D eigenvalue weighted by molar-refractivity contribution is 9.09. The lowest BCUT2D eigenvalue weighted by molar-refractivity contribution is 0.424. The summed E-state index contributed by atoms with van der Waals surface area (Å²) in [6, 6.07) is 4.56. The van der Waals surface area contributed by atoms with Crippen LogP contribution in [0.25, 0.3) is 0 Å². The molecule has 0 fully saturated rings. The second-order valence-electron chi connectivity index (χ2n) is 4.21. The first-order chi connectivity index (χ1) is 6.44. The average Bonchev–Trinajstić information content (AvgIpc) is 2.10. The molecule has 0 bridgehead atoms. The van der Waals surface area contributed by atoms with Gasteiger partial charge in [-0.2, -0.15) is 0 Å². The van der Waals surface area contributed by atoms with Crippen molar-refractivity contribution in [1.82, 2.24) is 0 Å². The summed E-state index contributed by atoms with van der Waals surface area (Å²) in [6.45, 7) is 4.28. The maximum absolute atomic E-state index is 12.8. The lowest BCUT2D eigenvalue weighted by atomic mass is 9.88. The number of hydrogen-bond donors (Lipinski definition) is 0. The summed E-state index contributed by atoms with van der Waals surface area (Å²) in [5.41, 5.74) is 1.14. The molecule has 0 aliphatic rings. The highest BCUT2D eigenvalue weighted by Crippen LogP contribution is 2.28. The van der Waals surface area contributed by atoms with E-state index < -0.39 is 0 Å². The fourth-order valence-electron chi connectivity index (χ4n) is 1.23. The lowest BCUT2D eigenvalue weighted by Crippen LogP contribution is -2.16. The molecule has 0 heterocycles. The smallest absolute Gasteiger partial charge is 0.124 e. The number of halogens is 3. The third-order valence-corrected chi connectivity index (χ3v) is 3.92. The molecule has 0 radical (unpaired) electrons. The van der Waals surface area contributed by atoms with E-state index in [0.29, 0.717) is 5.02 Å². The Labute approximate surface area is 97.6 Å². The maximum atomic E-state index is 12.8. The molecule has 0 aliphatic heterocycles. The van der Waals surface area contributed by atoms with Crippen LogP contribution in [-0.4, -0.2) is 5.33 Å². The van der Waals surface area contributed by atoms with Gasteiger partial charge < -0.3 is 0 Å². The molecule has 0 unspecified atom stereocenters. The third-order valence-electron chi connectivity index (χ3n) is 2.05. The Balaban J connectivity index is 2.87. The predicted molar refractivity (Wildman–Crippen MR) is 62.7 cm³/mol. The topological polar surface area (TPSA) is 0 Å². The Morgan fingerprint density at radius 1 is 1.43 bits per heavy atom. The standard InChI is InChI=1S/C11H13BrClF/c1-11(2,7-12)6-8-3-4-9(14)5-10(8)13/h3-5H,6-7H2,1-2H3. The average molecular weight is 280 g/mol. The molecule has 0 saturated heterocycles. The molecular weight excluding hydrogens is 266 g/mol. The van der Waals surface area contributed by atoms with E-state index in [1.807, 2.05) is 0 Å². The van der Waals surface area contributed by atoms with Crippen LogP contribution in [0.3, 0.4) is 0 Å². The zero-order valence-electron chi connectivity index (χ0n) is 8.28. The summed E-state index contributed by atoms with van der Waals surface area (Å²) in [5, 5.41) is 1.41. The molecular formula is C11H13BrClF. The van der Waals surface area contributed by atoms with Gasteiger partial charge in [0, 0.05) is 10.4 Å². The Morgan fingerprint density at radius 3 is 2.57 bits per heavy atom. The predicted octanol–water partition coefficient (Wildman–Crippen LogP) is 4.44. The Hall–Kier alpha value is -0.0800. The molecule has 0 spiro atoms. The minimum absolute atomic E-state index is 0.140. The van der Waals surface area contributed by atoms with E-state index in [2.05, 4.69) is 29.8 Å². The van der Waals surface area contributed by atoms with Gasteiger partial charge in [0.1, 0.15) is 5.82 Å². The zero-order valence-corrected chi connectivity index (χ0v) is 10.6. The van der Waals surface area contributed by atoms with Gasteiger partial charge in [0.25, 0.3) is 0 Å². The molecule has 1 aromatic carbocycles. The molecule has 14 heavy (non-hydrogen) atoms. The lowest BCUT2D eigenvalue weighted by Gasteiger charge is -2.22. The van der Waals surface area contributed by atoms with Gasteiger partial charge in [-0.25, -0.2) is 4.39 Å². The summed E-state index contributed by atoms with van der Waals surface area (Å²) in [6.07, 6.45) is 0.845. The van der Waals surface area contributed by atoms with Crippen molar-refractivity contribution in [1.29, 1.82) is 0 Å². The van der Waals surface area contributed by atoms with Crippen molar-refractivity contribution < 1.29 is 4.39 Å². The van der Waals surface area contributed by atoms with E-state index in [1.165, 1.54) is 12.1 Å². The summed E-state index contributed by atoms with van der Waals surface area (Å²) < 4.78 is 12.8. The van der Waals surface area contributed by atoms with Crippen molar-refractivity contribution in [3.63, 3.8) is 0 Å². The van der Waals surface area contributed by atoms with E-state index in [0.717, 1.165) is 17.3 Å². The summed E-state index contributed by atoms with van der Waals surface area (Å²) in [7, 11) is 0. The monoisotopic (exact) mass is 278 g/mol. The van der Waals surface area contributed by atoms with Gasteiger partial charge >= 0.3 is 0 Å². The van der Waals surface area contributed by atoms with Crippen LogP contribution in [0.15, 0.2) is 18.2 Å². The largest absolute Gasteiger partial charge is 0.207 e. The fraction of sp³-hybridized carbons (Fsp3) is 0.455. The van der Waals surface area contributed by atoms with E-state index in [1.54, 1.807) is 6.07 Å². The fourth-order valence-corrected chi connectivity index (χ4v) is 1.66. The summed E-state index contributed by atoms with van der Waals surface area (Å²) >= 11 is 9.39. The molecule has 78 valence electrons. The summed E-state index contributed by atoms with van der Waals surface area (Å²) in [4.78, 5) is 0. The second-order valence-corrected chi connectivity index (χ2v) is 5.18. The normalized spacial score (nSPS) is 11.8. The number of hydrogen-bond acceptors (Lipinski definition) is 0. The van der Waals surface area contributed by atoms with Gasteiger partial charge in [0.05, 0.1) is 0 Å². The first-order valence-electron chi connectivity index (χ1n) is 4.44. The molecule has 0 aromatic heterocycles. The highest BCUT2D eigenvalue weighted by atomic mass is 79.9. The van der Waals surface area contributed by atoms with Gasteiger partial charge in [-0.1, -0.05) is 47.4 Å². The second kappa shape index (κ2) is 4.63. The Kier molecular flexibility index (Phi) is 3.96. The first kappa shape index (κ1) is 12.0. The van der Waals surface area contributed by atoms with Crippen LogP contribution in [0.4, 0.5) is 4.39 Å². The minimum Gasteiger partial charge on any atom is -0.207 e. The van der Waals surface area contributed by atoms with Crippen LogP contribution < -0.4 is 0 Å². The molecule has 1 aromatic rings.